The first-order valence-corrected chi connectivity index (χ1v) is 16.0. The van der Waals surface area contributed by atoms with E-state index in [9.17, 15) is 14.7 Å². The van der Waals surface area contributed by atoms with E-state index in [1.165, 1.54) is 86.1 Å². The zero-order valence-electron chi connectivity index (χ0n) is 26.1. The Hall–Kier alpha value is -2.76. The predicted octanol–water partition coefficient (Wildman–Crippen LogP) is 8.26. The predicted molar refractivity (Wildman–Crippen MR) is 174 cm³/mol. The maximum absolute atomic E-state index is 11.7. The van der Waals surface area contributed by atoms with E-state index >= 15 is 0 Å². The van der Waals surface area contributed by atoms with Crippen molar-refractivity contribution in [3.63, 3.8) is 0 Å². The number of aliphatic hydroxyl groups excluding tert-OH is 2. The second-order valence-electron chi connectivity index (χ2n) is 12.1. The molecule has 1 saturated carbocycles. The van der Waals surface area contributed by atoms with Crippen LogP contribution in [0.1, 0.15) is 108 Å². The molecule has 0 saturated heterocycles. The first-order valence-electron chi connectivity index (χ1n) is 16.0. The third kappa shape index (κ3) is 13.0. The van der Waals surface area contributed by atoms with E-state index in [4.69, 9.17) is 9.84 Å². The monoisotopic (exact) mass is 578 g/mol. The van der Waals surface area contributed by atoms with Gasteiger partial charge in [0.25, 0.3) is 0 Å². The van der Waals surface area contributed by atoms with Gasteiger partial charge in [-0.3, -0.25) is 4.79 Å². The SMILES string of the molecule is C=C(C)C=O.C=C(CO)C(=O)OCCC(CCO)CC1CCC(c2ccc3cc(CCCCCCC)ccc3c2)CC1. The third-order valence-electron chi connectivity index (χ3n) is 8.46. The van der Waals surface area contributed by atoms with Crippen LogP contribution in [0, 0.1) is 11.8 Å². The van der Waals surface area contributed by atoms with Crippen LogP contribution in [0.2, 0.25) is 0 Å². The molecule has 3 rings (SSSR count). The molecule has 2 aromatic rings. The summed E-state index contributed by atoms with van der Waals surface area (Å²) >= 11 is 0. The number of benzene rings is 2. The van der Waals surface area contributed by atoms with E-state index < -0.39 is 5.97 Å². The first-order chi connectivity index (χ1) is 20.3. The Labute approximate surface area is 254 Å². The van der Waals surface area contributed by atoms with Gasteiger partial charge in [0, 0.05) is 6.61 Å². The number of fused-ring (bicyclic) bond motifs is 1. The van der Waals surface area contributed by atoms with Gasteiger partial charge in [0.05, 0.1) is 18.8 Å². The fourth-order valence-corrected chi connectivity index (χ4v) is 5.91. The number of aldehydes is 1. The molecule has 0 spiro atoms. The molecular formula is C37H54O5. The van der Waals surface area contributed by atoms with Crippen LogP contribution in [-0.2, 0) is 20.7 Å². The van der Waals surface area contributed by atoms with Crippen LogP contribution >= 0.6 is 0 Å². The van der Waals surface area contributed by atoms with E-state index in [1.54, 1.807) is 6.92 Å². The Morgan fingerprint density at radius 2 is 1.64 bits per heavy atom. The number of carbonyl (C=O) groups is 2. The molecule has 1 aliphatic rings. The molecule has 1 fully saturated rings. The van der Waals surface area contributed by atoms with Crippen molar-refractivity contribution in [2.24, 2.45) is 11.8 Å². The molecule has 0 radical (unpaired) electrons. The highest BCUT2D eigenvalue weighted by Crippen LogP contribution is 2.39. The summed E-state index contributed by atoms with van der Waals surface area (Å²) in [6.45, 7) is 10.8. The number of hydrogen-bond donors (Lipinski definition) is 2. The number of aliphatic hydroxyl groups is 2. The van der Waals surface area contributed by atoms with Crippen LogP contribution in [0.25, 0.3) is 10.8 Å². The van der Waals surface area contributed by atoms with Gasteiger partial charge < -0.3 is 14.9 Å². The summed E-state index contributed by atoms with van der Waals surface area (Å²) in [4.78, 5) is 21.1. The Morgan fingerprint density at radius 3 is 2.29 bits per heavy atom. The molecule has 0 amide bonds. The molecule has 5 heteroatoms. The summed E-state index contributed by atoms with van der Waals surface area (Å²) in [6, 6.07) is 14.1. The van der Waals surface area contributed by atoms with Gasteiger partial charge in [0.1, 0.15) is 6.29 Å². The van der Waals surface area contributed by atoms with Crippen molar-refractivity contribution in [2.75, 3.05) is 19.8 Å². The zero-order valence-corrected chi connectivity index (χ0v) is 26.1. The van der Waals surface area contributed by atoms with Gasteiger partial charge in [-0.05, 0) is 110 Å². The van der Waals surface area contributed by atoms with Crippen molar-refractivity contribution >= 4 is 23.0 Å². The van der Waals surface area contributed by atoms with E-state index in [1.807, 2.05) is 0 Å². The fourth-order valence-electron chi connectivity index (χ4n) is 5.91. The molecule has 1 aliphatic carbocycles. The number of ether oxygens (including phenoxy) is 1. The summed E-state index contributed by atoms with van der Waals surface area (Å²) < 4.78 is 5.23. The standard InChI is InChI=1S/C33H48O4.C4H6O/c1-3-4-5-6-7-8-26-11-14-32-23-31(16-15-30(32)22-26)29-12-9-27(10-13-29)21-28(17-19-34)18-20-37-33(36)25(2)24-35;1-4(2)3-5/h11,14-16,22-23,27-29,34-35H,2-10,12-13,17-21,24H2,1H3;3H,1H2,2H3. The lowest BCUT2D eigenvalue weighted by Crippen LogP contribution is -2.19. The van der Waals surface area contributed by atoms with Gasteiger partial charge in [-0.25, -0.2) is 4.79 Å². The number of rotatable bonds is 17. The Morgan fingerprint density at radius 1 is 0.976 bits per heavy atom. The van der Waals surface area contributed by atoms with Crippen LogP contribution in [0.4, 0.5) is 0 Å². The highest BCUT2D eigenvalue weighted by molar-refractivity contribution is 5.87. The van der Waals surface area contributed by atoms with E-state index in [0.717, 1.165) is 25.5 Å². The fraction of sp³-hybridized carbons (Fsp3) is 0.568. The number of aryl methyl sites for hydroxylation is 1. The van der Waals surface area contributed by atoms with Crippen molar-refractivity contribution in [3.8, 4) is 0 Å². The average Bonchev–Trinajstić information content (AvgIpc) is 3.00. The Bertz CT molecular complexity index is 1110. The Kier molecular flexibility index (Phi) is 17.0. The Balaban J connectivity index is 0.00000113. The van der Waals surface area contributed by atoms with Crippen molar-refractivity contribution in [2.45, 2.75) is 103 Å². The van der Waals surface area contributed by atoms with Gasteiger partial charge in [-0.2, -0.15) is 0 Å². The molecule has 232 valence electrons. The number of unbranched alkanes of at least 4 members (excludes halogenated alkanes) is 4. The molecule has 1 atom stereocenters. The van der Waals surface area contributed by atoms with Crippen LogP contribution in [0.15, 0.2) is 60.7 Å². The summed E-state index contributed by atoms with van der Waals surface area (Å²) in [5.41, 5.74) is 3.60. The summed E-state index contributed by atoms with van der Waals surface area (Å²) in [5, 5.41) is 21.2. The summed E-state index contributed by atoms with van der Waals surface area (Å²) in [7, 11) is 0. The molecule has 2 aromatic carbocycles. The minimum Gasteiger partial charge on any atom is -0.462 e. The van der Waals surface area contributed by atoms with E-state index in [-0.39, 0.29) is 18.8 Å². The molecule has 0 aliphatic heterocycles. The molecule has 0 aromatic heterocycles. The minimum atomic E-state index is -0.528. The lowest BCUT2D eigenvalue weighted by atomic mass is 9.75. The molecular weight excluding hydrogens is 524 g/mol. The maximum atomic E-state index is 11.7. The average molecular weight is 579 g/mol. The smallest absolute Gasteiger partial charge is 0.335 e. The highest BCUT2D eigenvalue weighted by atomic mass is 16.5. The van der Waals surface area contributed by atoms with Gasteiger partial charge in [0.15, 0.2) is 0 Å². The van der Waals surface area contributed by atoms with Crippen molar-refractivity contribution < 1.29 is 24.5 Å². The van der Waals surface area contributed by atoms with E-state index in [2.05, 4.69) is 56.5 Å². The second-order valence-corrected chi connectivity index (χ2v) is 12.1. The van der Waals surface area contributed by atoms with Crippen LogP contribution < -0.4 is 0 Å². The molecule has 0 bridgehead atoms. The van der Waals surface area contributed by atoms with Gasteiger partial charge in [-0.15, -0.1) is 0 Å². The lowest BCUT2D eigenvalue weighted by Gasteiger charge is -2.31. The molecule has 2 N–H and O–H groups in total. The summed E-state index contributed by atoms with van der Waals surface area (Å²) in [6.07, 6.45) is 15.9. The largest absolute Gasteiger partial charge is 0.462 e. The lowest BCUT2D eigenvalue weighted by molar-refractivity contribution is -0.139. The highest BCUT2D eigenvalue weighted by Gasteiger charge is 2.25. The quantitative estimate of drug-likeness (QED) is 0.0854. The van der Waals surface area contributed by atoms with E-state index in [0.29, 0.717) is 29.9 Å². The molecule has 1 unspecified atom stereocenters. The zero-order chi connectivity index (χ0) is 30.7. The number of carbonyl (C=O) groups excluding carboxylic acids is 2. The number of esters is 1. The second kappa shape index (κ2) is 20.2. The van der Waals surface area contributed by atoms with Crippen LogP contribution in [-0.4, -0.2) is 42.3 Å². The number of hydrogen-bond acceptors (Lipinski definition) is 5. The maximum Gasteiger partial charge on any atom is 0.335 e. The minimum absolute atomic E-state index is 0.0870. The van der Waals surface area contributed by atoms with Crippen LogP contribution in [0.3, 0.4) is 0 Å². The number of allylic oxidation sites excluding steroid dienone is 1. The van der Waals surface area contributed by atoms with Crippen molar-refractivity contribution in [1.82, 2.24) is 0 Å². The van der Waals surface area contributed by atoms with Crippen molar-refractivity contribution in [3.05, 3.63) is 71.8 Å². The molecule has 0 heterocycles. The normalized spacial score (nSPS) is 17.1. The summed E-state index contributed by atoms with van der Waals surface area (Å²) in [5.74, 6) is 1.11. The van der Waals surface area contributed by atoms with Gasteiger partial charge in [-0.1, -0.05) is 82.2 Å². The first kappa shape index (κ1) is 35.4. The van der Waals surface area contributed by atoms with Gasteiger partial charge >= 0.3 is 5.97 Å². The van der Waals surface area contributed by atoms with Gasteiger partial charge in [0.2, 0.25) is 0 Å². The molecule has 42 heavy (non-hydrogen) atoms. The third-order valence-corrected chi connectivity index (χ3v) is 8.46. The molecule has 5 nitrogen and oxygen atoms in total. The topological polar surface area (TPSA) is 83.8 Å². The van der Waals surface area contributed by atoms with Crippen LogP contribution in [0.5, 0.6) is 0 Å². The van der Waals surface area contributed by atoms with Crippen molar-refractivity contribution in [1.29, 1.82) is 0 Å².